The summed E-state index contributed by atoms with van der Waals surface area (Å²) in [4.78, 5) is 25.3. The maximum absolute atomic E-state index is 12.6. The fourth-order valence-electron chi connectivity index (χ4n) is 4.52. The van der Waals surface area contributed by atoms with Gasteiger partial charge in [-0.1, -0.05) is 36.4 Å². The second kappa shape index (κ2) is 10.3. The molecule has 0 bridgehead atoms. The number of amides is 1. The van der Waals surface area contributed by atoms with Gasteiger partial charge in [-0.15, -0.1) is 0 Å². The molecular weight excluding hydrogens is 388 g/mol. The number of hydrogen-bond donors (Lipinski definition) is 0. The quantitative estimate of drug-likeness (QED) is 0.563. The zero-order valence-electron chi connectivity index (χ0n) is 18.0. The molecule has 7 heteroatoms. The Balaban J connectivity index is 1.41. The van der Waals surface area contributed by atoms with Crippen molar-refractivity contribution in [3.63, 3.8) is 0 Å². The Labute approximate surface area is 183 Å². The molecule has 0 spiro atoms. The van der Waals surface area contributed by atoms with Crippen LogP contribution in [0.4, 0.5) is 0 Å². The van der Waals surface area contributed by atoms with Gasteiger partial charge in [0.15, 0.2) is 0 Å². The molecule has 2 aromatic heterocycles. The predicted molar refractivity (Wildman–Crippen MR) is 119 cm³/mol. The first-order valence-corrected chi connectivity index (χ1v) is 10.9. The molecule has 0 N–H and O–H groups in total. The van der Waals surface area contributed by atoms with Gasteiger partial charge in [0.2, 0.25) is 5.91 Å². The van der Waals surface area contributed by atoms with Crippen molar-refractivity contribution < 1.29 is 4.79 Å². The number of carbonyl (C=O) groups excluding carboxylic acids is 1. The summed E-state index contributed by atoms with van der Waals surface area (Å²) in [5.74, 6) is 0.657. The van der Waals surface area contributed by atoms with Gasteiger partial charge in [-0.2, -0.15) is 5.10 Å². The maximum atomic E-state index is 12.6. The standard InChI is InChI=1S/C24H30N6O/c1-28(16-21-8-5-11-25-15-21)23(14-20-6-3-2-4-7-20)22-9-12-29(13-10-22)24(31)17-30-19-26-18-27-30/h2-8,11,15,18-19,22-23H,9-10,12-14,16-17H2,1H3. The van der Waals surface area contributed by atoms with E-state index >= 15 is 0 Å². The van der Waals surface area contributed by atoms with Crippen molar-refractivity contribution in [3.8, 4) is 0 Å². The van der Waals surface area contributed by atoms with E-state index in [-0.39, 0.29) is 12.5 Å². The molecular formula is C24H30N6O. The lowest BCUT2D eigenvalue weighted by atomic mass is 9.84. The average molecular weight is 419 g/mol. The SMILES string of the molecule is CN(Cc1cccnc1)C(Cc1ccccc1)C1CCN(C(=O)Cn2cncn2)CC1. The molecule has 1 saturated heterocycles. The van der Waals surface area contributed by atoms with E-state index in [1.807, 2.05) is 23.4 Å². The number of likely N-dealkylation sites (tertiary alicyclic amines) is 1. The summed E-state index contributed by atoms with van der Waals surface area (Å²) >= 11 is 0. The summed E-state index contributed by atoms with van der Waals surface area (Å²) in [5, 5.41) is 4.05. The van der Waals surface area contributed by atoms with E-state index in [0.717, 1.165) is 38.9 Å². The third-order valence-electron chi connectivity index (χ3n) is 6.21. The molecule has 4 rings (SSSR count). The van der Waals surface area contributed by atoms with Crippen molar-refractivity contribution >= 4 is 5.91 Å². The number of rotatable bonds is 8. The molecule has 3 aromatic rings. The summed E-state index contributed by atoms with van der Waals surface area (Å²) in [6.07, 6.45) is 9.85. The summed E-state index contributed by atoms with van der Waals surface area (Å²) in [6.45, 7) is 2.73. The zero-order valence-corrected chi connectivity index (χ0v) is 18.0. The van der Waals surface area contributed by atoms with Gasteiger partial charge >= 0.3 is 0 Å². The van der Waals surface area contributed by atoms with E-state index in [9.17, 15) is 4.79 Å². The summed E-state index contributed by atoms with van der Waals surface area (Å²) in [6, 6.07) is 15.2. The lowest BCUT2D eigenvalue weighted by molar-refractivity contribution is -0.133. The topological polar surface area (TPSA) is 67.2 Å². The normalized spacial score (nSPS) is 15.9. The fraction of sp³-hybridized carbons (Fsp3) is 0.417. The summed E-state index contributed by atoms with van der Waals surface area (Å²) in [5.41, 5.74) is 2.58. The number of pyridine rings is 1. The third-order valence-corrected chi connectivity index (χ3v) is 6.21. The Morgan fingerprint density at radius 3 is 2.55 bits per heavy atom. The van der Waals surface area contributed by atoms with Gasteiger partial charge in [-0.3, -0.25) is 14.7 Å². The minimum atomic E-state index is 0.118. The number of hydrogen-bond acceptors (Lipinski definition) is 5. The molecule has 1 atom stereocenters. The van der Waals surface area contributed by atoms with Crippen molar-refractivity contribution in [2.45, 2.75) is 38.4 Å². The number of aromatic nitrogens is 4. The van der Waals surface area contributed by atoms with Gasteiger partial charge in [-0.05, 0) is 49.4 Å². The number of benzene rings is 1. The molecule has 1 aromatic carbocycles. The molecule has 0 saturated carbocycles. The molecule has 3 heterocycles. The monoisotopic (exact) mass is 418 g/mol. The van der Waals surface area contributed by atoms with Crippen molar-refractivity contribution in [2.24, 2.45) is 5.92 Å². The fourth-order valence-corrected chi connectivity index (χ4v) is 4.52. The van der Waals surface area contributed by atoms with Gasteiger partial charge < -0.3 is 4.90 Å². The van der Waals surface area contributed by atoms with Gasteiger partial charge in [0.05, 0.1) is 0 Å². The first-order chi connectivity index (χ1) is 15.2. The largest absolute Gasteiger partial charge is 0.341 e. The lowest BCUT2D eigenvalue weighted by Gasteiger charge is -2.40. The maximum Gasteiger partial charge on any atom is 0.244 e. The van der Waals surface area contributed by atoms with Gasteiger partial charge in [-0.25, -0.2) is 9.67 Å². The number of likely N-dealkylation sites (N-methyl/N-ethyl adjacent to an activating group) is 1. The minimum Gasteiger partial charge on any atom is -0.341 e. The predicted octanol–water partition coefficient (Wildman–Crippen LogP) is 2.66. The molecule has 0 radical (unpaired) electrons. The Morgan fingerprint density at radius 1 is 1.10 bits per heavy atom. The molecule has 1 amide bonds. The molecule has 1 fully saturated rings. The second-order valence-corrected chi connectivity index (χ2v) is 8.34. The van der Waals surface area contributed by atoms with Crippen LogP contribution in [0.3, 0.4) is 0 Å². The highest BCUT2D eigenvalue weighted by Crippen LogP contribution is 2.27. The van der Waals surface area contributed by atoms with Crippen molar-refractivity contribution in [2.75, 3.05) is 20.1 Å². The molecule has 1 unspecified atom stereocenters. The Bertz CT molecular complexity index is 923. The summed E-state index contributed by atoms with van der Waals surface area (Å²) in [7, 11) is 2.21. The highest BCUT2D eigenvalue weighted by Gasteiger charge is 2.31. The van der Waals surface area contributed by atoms with Crippen molar-refractivity contribution in [3.05, 3.63) is 78.6 Å². The van der Waals surface area contributed by atoms with Crippen LogP contribution in [0.5, 0.6) is 0 Å². The number of piperidine rings is 1. The van der Waals surface area contributed by atoms with E-state index < -0.39 is 0 Å². The van der Waals surface area contributed by atoms with E-state index in [1.165, 1.54) is 17.5 Å². The highest BCUT2D eigenvalue weighted by molar-refractivity contribution is 5.75. The first kappa shape index (κ1) is 21.2. The van der Waals surface area contributed by atoms with Crippen LogP contribution >= 0.6 is 0 Å². The summed E-state index contributed by atoms with van der Waals surface area (Å²) < 4.78 is 1.59. The van der Waals surface area contributed by atoms with E-state index in [2.05, 4.69) is 63.4 Å². The second-order valence-electron chi connectivity index (χ2n) is 8.34. The van der Waals surface area contributed by atoms with Crippen molar-refractivity contribution in [1.82, 2.24) is 29.5 Å². The number of carbonyl (C=O) groups is 1. The van der Waals surface area contributed by atoms with Crippen LogP contribution in [-0.2, 0) is 24.3 Å². The molecule has 1 aliphatic rings. The highest BCUT2D eigenvalue weighted by atomic mass is 16.2. The molecule has 31 heavy (non-hydrogen) atoms. The minimum absolute atomic E-state index is 0.118. The van der Waals surface area contributed by atoms with Crippen LogP contribution in [0.25, 0.3) is 0 Å². The molecule has 162 valence electrons. The van der Waals surface area contributed by atoms with Crippen molar-refractivity contribution in [1.29, 1.82) is 0 Å². The average Bonchev–Trinajstić information content (AvgIpc) is 3.32. The molecule has 1 aliphatic heterocycles. The lowest BCUT2D eigenvalue weighted by Crippen LogP contribution is -2.47. The Kier molecular flexibility index (Phi) is 7.04. The molecule has 7 nitrogen and oxygen atoms in total. The Hall–Kier alpha value is -3.06. The number of nitrogens with zero attached hydrogens (tertiary/aromatic N) is 6. The smallest absolute Gasteiger partial charge is 0.244 e. The van der Waals surface area contributed by atoms with Crippen LogP contribution in [0.1, 0.15) is 24.0 Å². The van der Waals surface area contributed by atoms with Gasteiger partial charge in [0, 0.05) is 38.1 Å². The van der Waals surface area contributed by atoms with Crippen LogP contribution < -0.4 is 0 Å². The van der Waals surface area contributed by atoms with Crippen LogP contribution in [0.2, 0.25) is 0 Å². The van der Waals surface area contributed by atoms with Crippen LogP contribution in [-0.4, -0.2) is 61.6 Å². The van der Waals surface area contributed by atoms with Crippen LogP contribution in [0, 0.1) is 5.92 Å². The van der Waals surface area contributed by atoms with E-state index in [1.54, 1.807) is 11.0 Å². The van der Waals surface area contributed by atoms with E-state index in [0.29, 0.717) is 12.0 Å². The van der Waals surface area contributed by atoms with Gasteiger partial charge in [0.25, 0.3) is 0 Å². The molecule has 0 aliphatic carbocycles. The van der Waals surface area contributed by atoms with Gasteiger partial charge in [0.1, 0.15) is 19.2 Å². The van der Waals surface area contributed by atoms with Crippen LogP contribution in [0.15, 0.2) is 67.5 Å². The van der Waals surface area contributed by atoms with E-state index in [4.69, 9.17) is 0 Å². The first-order valence-electron chi connectivity index (χ1n) is 10.9. The Morgan fingerprint density at radius 2 is 1.87 bits per heavy atom. The zero-order chi connectivity index (χ0) is 21.5. The third kappa shape index (κ3) is 5.76.